The van der Waals surface area contributed by atoms with E-state index in [1.54, 1.807) is 37.8 Å². The number of carbonyl (C=O) groups excluding carboxylic acids is 1. The second kappa shape index (κ2) is 10.9. The first-order valence-electron chi connectivity index (χ1n) is 10.6. The van der Waals surface area contributed by atoms with Crippen molar-refractivity contribution in [3.8, 4) is 16.9 Å². The van der Waals surface area contributed by atoms with Gasteiger partial charge in [0.05, 0.1) is 12.7 Å². The third-order valence-electron chi connectivity index (χ3n) is 5.26. The van der Waals surface area contributed by atoms with Gasteiger partial charge in [-0.25, -0.2) is 0 Å². The second-order valence-electron chi connectivity index (χ2n) is 7.76. The van der Waals surface area contributed by atoms with Crippen LogP contribution in [0.1, 0.15) is 32.6 Å². The number of benzene rings is 2. The summed E-state index contributed by atoms with van der Waals surface area (Å²) in [6.45, 7) is 1.78. The number of rotatable bonds is 8. The van der Waals surface area contributed by atoms with Gasteiger partial charge in [0.15, 0.2) is 0 Å². The molecule has 6 nitrogen and oxygen atoms in total. The number of aryl methyl sites for hydroxylation is 1. The molecule has 1 heterocycles. The zero-order valence-corrected chi connectivity index (χ0v) is 19.5. The lowest BCUT2D eigenvalue weighted by atomic mass is 9.95. The zero-order valence-electron chi connectivity index (χ0n) is 19.5. The van der Waals surface area contributed by atoms with E-state index in [1.807, 2.05) is 19.1 Å². The summed E-state index contributed by atoms with van der Waals surface area (Å²) < 4.78 is 44.9. The minimum absolute atomic E-state index is 0.128. The lowest BCUT2D eigenvalue weighted by molar-refractivity contribution is -0.138. The molecule has 3 N–H and O–H groups in total. The highest BCUT2D eigenvalue weighted by Crippen LogP contribution is 2.36. The van der Waals surface area contributed by atoms with Gasteiger partial charge in [-0.3, -0.25) is 9.78 Å². The van der Waals surface area contributed by atoms with Crippen LogP contribution in [0, 0.1) is 12.3 Å². The van der Waals surface area contributed by atoms with Crippen molar-refractivity contribution in [1.82, 2.24) is 15.6 Å². The standard InChI is InChI=1S/C26H25F3N4O2/c1-16-8-19(15-32-12-16)18-5-6-21(20(11-30)14-31-2)22(10-18)25(34)33-13-17-4-7-24(35-3)23(9-17)26(27,28)29/h4-12,14-15,30-31H,13H2,1-3H3,(H,33,34)/b20-14+,30-11?. The van der Waals surface area contributed by atoms with E-state index in [9.17, 15) is 18.0 Å². The first-order chi connectivity index (χ1) is 16.7. The highest BCUT2D eigenvalue weighted by Gasteiger charge is 2.34. The Bertz CT molecular complexity index is 1270. The molecular formula is C26H25F3N4O2. The van der Waals surface area contributed by atoms with Gasteiger partial charge in [0, 0.05) is 55.1 Å². The molecule has 0 atom stereocenters. The fourth-order valence-electron chi connectivity index (χ4n) is 3.59. The van der Waals surface area contributed by atoms with Gasteiger partial charge in [-0.15, -0.1) is 0 Å². The number of methoxy groups -OCH3 is 1. The Morgan fingerprint density at radius 1 is 1.09 bits per heavy atom. The van der Waals surface area contributed by atoms with Crippen molar-refractivity contribution in [2.75, 3.05) is 14.2 Å². The largest absolute Gasteiger partial charge is 0.496 e. The Balaban J connectivity index is 1.97. The van der Waals surface area contributed by atoms with Crippen molar-refractivity contribution in [1.29, 1.82) is 5.41 Å². The molecule has 2 aromatic carbocycles. The van der Waals surface area contributed by atoms with Crippen molar-refractivity contribution in [3.05, 3.63) is 88.9 Å². The number of halogens is 3. The van der Waals surface area contributed by atoms with Crippen LogP contribution in [0.3, 0.4) is 0 Å². The molecule has 9 heteroatoms. The van der Waals surface area contributed by atoms with E-state index in [4.69, 9.17) is 10.1 Å². The van der Waals surface area contributed by atoms with Crippen molar-refractivity contribution < 1.29 is 22.7 Å². The molecule has 1 aromatic heterocycles. The summed E-state index contributed by atoms with van der Waals surface area (Å²) >= 11 is 0. The molecule has 3 rings (SSSR count). The van der Waals surface area contributed by atoms with Crippen LogP contribution < -0.4 is 15.4 Å². The van der Waals surface area contributed by atoms with E-state index in [0.717, 1.165) is 29.0 Å². The molecule has 0 spiro atoms. The topological polar surface area (TPSA) is 87.1 Å². The maximum atomic E-state index is 13.4. The summed E-state index contributed by atoms with van der Waals surface area (Å²) in [5, 5.41) is 13.3. The van der Waals surface area contributed by atoms with Gasteiger partial charge in [0.2, 0.25) is 0 Å². The number of amides is 1. The Morgan fingerprint density at radius 2 is 1.86 bits per heavy atom. The third-order valence-corrected chi connectivity index (χ3v) is 5.26. The Kier molecular flexibility index (Phi) is 7.91. The molecule has 0 saturated heterocycles. The lowest BCUT2D eigenvalue weighted by Crippen LogP contribution is -2.24. The lowest BCUT2D eigenvalue weighted by Gasteiger charge is -2.15. The van der Waals surface area contributed by atoms with Crippen LogP contribution >= 0.6 is 0 Å². The number of carbonyl (C=O) groups is 1. The van der Waals surface area contributed by atoms with Crippen LogP contribution in [-0.2, 0) is 12.7 Å². The average molecular weight is 483 g/mol. The molecule has 0 saturated carbocycles. The molecular weight excluding hydrogens is 457 g/mol. The molecule has 0 aliphatic carbocycles. The molecule has 0 aliphatic rings. The number of nitrogens with zero attached hydrogens (tertiary/aromatic N) is 1. The minimum atomic E-state index is -4.59. The van der Waals surface area contributed by atoms with E-state index in [1.165, 1.54) is 19.2 Å². The molecule has 0 fully saturated rings. The third kappa shape index (κ3) is 6.06. The van der Waals surface area contributed by atoms with Crippen LogP contribution in [0.2, 0.25) is 0 Å². The number of nitrogens with one attached hydrogen (secondary N) is 3. The van der Waals surface area contributed by atoms with Crippen LogP contribution in [0.5, 0.6) is 5.75 Å². The highest BCUT2D eigenvalue weighted by atomic mass is 19.4. The Hall–Kier alpha value is -4.14. The molecule has 0 radical (unpaired) electrons. The van der Waals surface area contributed by atoms with Gasteiger partial charge in [-0.2, -0.15) is 13.2 Å². The van der Waals surface area contributed by atoms with Gasteiger partial charge < -0.3 is 20.8 Å². The molecule has 182 valence electrons. The number of alkyl halides is 3. The van der Waals surface area contributed by atoms with Crippen molar-refractivity contribution in [3.63, 3.8) is 0 Å². The van der Waals surface area contributed by atoms with Crippen LogP contribution in [0.4, 0.5) is 13.2 Å². The maximum absolute atomic E-state index is 13.4. The molecule has 35 heavy (non-hydrogen) atoms. The SMILES string of the molecule is CN/C=C(\C=N)c1ccc(-c2cncc(C)c2)cc1C(=O)NCc1ccc(OC)c(C(F)(F)F)c1. The molecule has 3 aromatic rings. The van der Waals surface area contributed by atoms with E-state index >= 15 is 0 Å². The quantitative estimate of drug-likeness (QED) is 0.384. The van der Waals surface area contributed by atoms with Crippen molar-refractivity contribution in [2.45, 2.75) is 19.6 Å². The summed E-state index contributed by atoms with van der Waals surface area (Å²) in [6, 6.07) is 10.8. The van der Waals surface area contributed by atoms with E-state index < -0.39 is 17.6 Å². The Labute approximate surface area is 201 Å². The normalized spacial score (nSPS) is 11.7. The summed E-state index contributed by atoms with van der Waals surface area (Å²) in [7, 11) is 2.85. The number of hydrogen-bond acceptors (Lipinski definition) is 5. The number of allylic oxidation sites excluding steroid dienone is 1. The monoisotopic (exact) mass is 482 g/mol. The summed E-state index contributed by atoms with van der Waals surface area (Å²) in [6.07, 6.45) is 1.52. The first-order valence-corrected chi connectivity index (χ1v) is 10.6. The molecule has 0 unspecified atom stereocenters. The van der Waals surface area contributed by atoms with Crippen LogP contribution in [0.25, 0.3) is 16.7 Å². The van der Waals surface area contributed by atoms with Crippen molar-refractivity contribution >= 4 is 17.7 Å². The minimum Gasteiger partial charge on any atom is -0.496 e. The van der Waals surface area contributed by atoms with Crippen molar-refractivity contribution in [2.24, 2.45) is 0 Å². The molecule has 0 bridgehead atoms. The predicted molar refractivity (Wildman–Crippen MR) is 129 cm³/mol. The summed E-state index contributed by atoms with van der Waals surface area (Å²) in [5.74, 6) is -0.780. The van der Waals surface area contributed by atoms with E-state index in [-0.39, 0.29) is 23.4 Å². The van der Waals surface area contributed by atoms with Gasteiger partial charge >= 0.3 is 6.18 Å². The van der Waals surface area contributed by atoms with Gasteiger partial charge in [0.25, 0.3) is 5.91 Å². The fourth-order valence-corrected chi connectivity index (χ4v) is 3.59. The maximum Gasteiger partial charge on any atom is 0.419 e. The summed E-state index contributed by atoms with van der Waals surface area (Å²) in [5.41, 5.74) is 3.11. The average Bonchev–Trinajstić information content (AvgIpc) is 2.84. The predicted octanol–water partition coefficient (Wildman–Crippen LogP) is 5.22. The fraction of sp³-hybridized carbons (Fsp3) is 0.192. The van der Waals surface area contributed by atoms with Gasteiger partial charge in [-0.1, -0.05) is 18.2 Å². The first kappa shape index (κ1) is 25.5. The zero-order chi connectivity index (χ0) is 25.6. The number of pyridine rings is 1. The van der Waals surface area contributed by atoms with E-state index in [2.05, 4.69) is 15.6 Å². The number of ether oxygens (including phenoxy) is 1. The van der Waals surface area contributed by atoms with Gasteiger partial charge in [0.1, 0.15) is 5.75 Å². The van der Waals surface area contributed by atoms with Crippen LogP contribution in [0.15, 0.2) is 61.1 Å². The number of hydrogen-bond donors (Lipinski definition) is 3. The number of aromatic nitrogens is 1. The van der Waals surface area contributed by atoms with E-state index in [0.29, 0.717) is 11.1 Å². The summed E-state index contributed by atoms with van der Waals surface area (Å²) in [4.78, 5) is 17.4. The molecule has 1 amide bonds. The molecule has 0 aliphatic heterocycles. The van der Waals surface area contributed by atoms with Gasteiger partial charge in [-0.05, 0) is 53.4 Å². The Morgan fingerprint density at radius 3 is 2.49 bits per heavy atom. The second-order valence-corrected chi connectivity index (χ2v) is 7.76. The highest BCUT2D eigenvalue weighted by molar-refractivity contribution is 6.13. The van der Waals surface area contributed by atoms with Crippen LogP contribution in [-0.4, -0.2) is 31.3 Å². The smallest absolute Gasteiger partial charge is 0.419 e.